The van der Waals surface area contributed by atoms with Crippen LogP contribution in [0.25, 0.3) is 5.76 Å². The van der Waals surface area contributed by atoms with Gasteiger partial charge in [-0.15, -0.1) is 0 Å². The van der Waals surface area contributed by atoms with Crippen LogP contribution in [0.1, 0.15) is 54.5 Å². The minimum absolute atomic E-state index is 0.0463. The number of Topliss-reactive ketones (excluding diaryl/α,β-unsaturated/α-hetero) is 1. The van der Waals surface area contributed by atoms with E-state index in [2.05, 4.69) is 13.0 Å². The summed E-state index contributed by atoms with van der Waals surface area (Å²) in [5, 5.41) is 11.5. The predicted molar refractivity (Wildman–Crippen MR) is 168 cm³/mol. The van der Waals surface area contributed by atoms with Gasteiger partial charge in [-0.3, -0.25) is 9.59 Å². The van der Waals surface area contributed by atoms with Gasteiger partial charge in [-0.2, -0.15) is 0 Å². The number of benzene rings is 3. The number of unbranched alkanes of at least 4 members (excludes halogenated alkanes) is 1. The third-order valence-corrected chi connectivity index (χ3v) is 7.42. The normalized spacial score (nSPS) is 16.1. The number of ketones is 1. The number of likely N-dealkylation sites (tertiary alicyclic amines) is 1. The lowest BCUT2D eigenvalue weighted by molar-refractivity contribution is -0.139. The van der Waals surface area contributed by atoms with E-state index in [0.29, 0.717) is 54.6 Å². The van der Waals surface area contributed by atoms with Crippen molar-refractivity contribution in [2.75, 3.05) is 40.9 Å². The lowest BCUT2D eigenvalue weighted by Crippen LogP contribution is -2.32. The summed E-state index contributed by atoms with van der Waals surface area (Å²) in [6, 6.07) is 19.6. The van der Waals surface area contributed by atoms with Crippen LogP contribution in [0.15, 0.2) is 72.3 Å². The fraction of sp³-hybridized carbons (Fsp3) is 0.371. The summed E-state index contributed by atoms with van der Waals surface area (Å²) in [4.78, 5) is 30.4. The monoisotopic (exact) mass is 586 g/mol. The predicted octanol–water partition coefficient (Wildman–Crippen LogP) is 6.13. The molecule has 1 aliphatic heterocycles. The summed E-state index contributed by atoms with van der Waals surface area (Å²) >= 11 is 0. The summed E-state index contributed by atoms with van der Waals surface area (Å²) in [5.74, 6) is 0.140. The summed E-state index contributed by atoms with van der Waals surface area (Å²) in [6.45, 7) is 6.19. The summed E-state index contributed by atoms with van der Waals surface area (Å²) in [5.41, 5.74) is 3.34. The van der Waals surface area contributed by atoms with Crippen LogP contribution < -0.4 is 14.2 Å². The van der Waals surface area contributed by atoms with E-state index < -0.39 is 17.7 Å². The molecule has 8 nitrogen and oxygen atoms in total. The molecule has 1 saturated heterocycles. The quantitative estimate of drug-likeness (QED) is 0.105. The second kappa shape index (κ2) is 14.7. The number of hydrogen-bond donors (Lipinski definition) is 1. The molecule has 4 rings (SSSR count). The first-order valence-electron chi connectivity index (χ1n) is 14.8. The fourth-order valence-electron chi connectivity index (χ4n) is 5.15. The number of aliphatic hydroxyl groups excluding tert-OH is 1. The summed E-state index contributed by atoms with van der Waals surface area (Å²) < 4.78 is 17.5. The number of aryl methyl sites for hydroxylation is 1. The zero-order valence-electron chi connectivity index (χ0n) is 25.8. The van der Waals surface area contributed by atoms with Crippen LogP contribution in [0.2, 0.25) is 0 Å². The minimum Gasteiger partial charge on any atom is -0.507 e. The maximum atomic E-state index is 13.5. The Balaban J connectivity index is 1.66. The van der Waals surface area contributed by atoms with Gasteiger partial charge in [0.1, 0.15) is 18.1 Å². The van der Waals surface area contributed by atoms with Crippen LogP contribution in [0.4, 0.5) is 0 Å². The van der Waals surface area contributed by atoms with E-state index in [1.54, 1.807) is 48.4 Å². The van der Waals surface area contributed by atoms with E-state index in [4.69, 9.17) is 14.2 Å². The van der Waals surface area contributed by atoms with Crippen LogP contribution in [0.5, 0.6) is 17.2 Å². The first-order valence-corrected chi connectivity index (χ1v) is 14.8. The van der Waals surface area contributed by atoms with Crippen molar-refractivity contribution >= 4 is 17.4 Å². The van der Waals surface area contributed by atoms with E-state index in [1.807, 2.05) is 50.2 Å². The Hall–Kier alpha value is -4.30. The molecule has 1 atom stereocenters. The van der Waals surface area contributed by atoms with Gasteiger partial charge in [-0.1, -0.05) is 49.2 Å². The van der Waals surface area contributed by atoms with E-state index in [-0.39, 0.29) is 11.3 Å². The van der Waals surface area contributed by atoms with Crippen molar-refractivity contribution in [1.82, 2.24) is 9.80 Å². The smallest absolute Gasteiger partial charge is 0.295 e. The van der Waals surface area contributed by atoms with Gasteiger partial charge in [0, 0.05) is 12.1 Å². The molecule has 1 fully saturated rings. The van der Waals surface area contributed by atoms with Gasteiger partial charge in [0.05, 0.1) is 25.3 Å². The Bertz CT molecular complexity index is 1450. The second-order valence-corrected chi connectivity index (χ2v) is 11.1. The Morgan fingerprint density at radius 1 is 0.953 bits per heavy atom. The molecule has 0 bridgehead atoms. The Morgan fingerprint density at radius 3 is 2.40 bits per heavy atom. The van der Waals surface area contributed by atoms with Crippen molar-refractivity contribution in [3.05, 3.63) is 94.6 Å². The number of ether oxygens (including phenoxy) is 3. The topological polar surface area (TPSA) is 88.5 Å². The molecule has 3 aromatic carbocycles. The van der Waals surface area contributed by atoms with Crippen molar-refractivity contribution in [3.63, 3.8) is 0 Å². The molecule has 8 heteroatoms. The molecule has 43 heavy (non-hydrogen) atoms. The van der Waals surface area contributed by atoms with Gasteiger partial charge >= 0.3 is 0 Å². The molecule has 3 aromatic rings. The standard InChI is InChI=1S/C35H42N2O6/c1-6-7-20-42-29-17-14-27(22-30(29)41-5)32-31(34(39)35(40)37(32)19-9-18-36(3)4)33(38)26-12-15-28(16-13-26)43-23-25-11-8-10-24(2)21-25/h8,10-17,21-22,32,38H,6-7,9,18-20,23H2,1-5H3. The van der Waals surface area contributed by atoms with Gasteiger partial charge in [-0.25, -0.2) is 0 Å². The molecule has 228 valence electrons. The number of aliphatic hydroxyl groups is 1. The molecule has 1 amide bonds. The number of amides is 1. The van der Waals surface area contributed by atoms with E-state index in [0.717, 1.165) is 30.5 Å². The Labute approximate surface area is 254 Å². The molecular weight excluding hydrogens is 544 g/mol. The lowest BCUT2D eigenvalue weighted by atomic mass is 9.95. The number of rotatable bonds is 14. The maximum absolute atomic E-state index is 13.5. The first-order chi connectivity index (χ1) is 20.7. The third-order valence-electron chi connectivity index (χ3n) is 7.42. The molecular formula is C35H42N2O6. The van der Waals surface area contributed by atoms with Gasteiger partial charge in [0.2, 0.25) is 0 Å². The Morgan fingerprint density at radius 2 is 1.72 bits per heavy atom. The number of carbonyl (C=O) groups is 2. The van der Waals surface area contributed by atoms with Crippen molar-refractivity contribution < 1.29 is 28.9 Å². The summed E-state index contributed by atoms with van der Waals surface area (Å²) in [7, 11) is 5.48. The van der Waals surface area contributed by atoms with E-state index in [9.17, 15) is 14.7 Å². The summed E-state index contributed by atoms with van der Waals surface area (Å²) in [6.07, 6.45) is 2.58. The van der Waals surface area contributed by atoms with Crippen LogP contribution in [-0.2, 0) is 16.2 Å². The van der Waals surface area contributed by atoms with Gasteiger partial charge in [0.15, 0.2) is 11.5 Å². The molecule has 1 aliphatic rings. The zero-order chi connectivity index (χ0) is 30.9. The van der Waals surface area contributed by atoms with Crippen molar-refractivity contribution in [1.29, 1.82) is 0 Å². The van der Waals surface area contributed by atoms with Crippen LogP contribution in [0.3, 0.4) is 0 Å². The van der Waals surface area contributed by atoms with Crippen LogP contribution in [0, 0.1) is 6.92 Å². The average Bonchev–Trinajstić information content (AvgIpc) is 3.25. The first kappa shape index (κ1) is 31.6. The average molecular weight is 587 g/mol. The van der Waals surface area contributed by atoms with Crippen molar-refractivity contribution in [2.45, 2.75) is 45.8 Å². The highest BCUT2D eigenvalue weighted by Crippen LogP contribution is 2.42. The molecule has 1 heterocycles. The van der Waals surface area contributed by atoms with E-state index in [1.165, 1.54) is 0 Å². The fourth-order valence-corrected chi connectivity index (χ4v) is 5.15. The van der Waals surface area contributed by atoms with E-state index >= 15 is 0 Å². The highest BCUT2D eigenvalue weighted by molar-refractivity contribution is 6.46. The van der Waals surface area contributed by atoms with Gasteiger partial charge in [0.25, 0.3) is 11.7 Å². The molecule has 0 radical (unpaired) electrons. The minimum atomic E-state index is -0.780. The highest BCUT2D eigenvalue weighted by Gasteiger charge is 2.46. The maximum Gasteiger partial charge on any atom is 0.295 e. The lowest BCUT2D eigenvalue weighted by Gasteiger charge is -2.26. The number of methoxy groups -OCH3 is 1. The van der Waals surface area contributed by atoms with Gasteiger partial charge in [-0.05, 0) is 87.9 Å². The van der Waals surface area contributed by atoms with Crippen LogP contribution in [-0.4, -0.2) is 67.5 Å². The van der Waals surface area contributed by atoms with Gasteiger partial charge < -0.3 is 29.1 Å². The molecule has 1 unspecified atom stereocenters. The molecule has 0 aliphatic carbocycles. The second-order valence-electron chi connectivity index (χ2n) is 11.1. The Kier molecular flexibility index (Phi) is 10.8. The SMILES string of the molecule is CCCCOc1ccc(C2C(=C(O)c3ccc(OCc4cccc(C)c4)cc3)C(=O)C(=O)N2CCCN(C)C)cc1OC. The number of hydrogen-bond acceptors (Lipinski definition) is 7. The third kappa shape index (κ3) is 7.76. The van der Waals surface area contributed by atoms with Crippen LogP contribution >= 0.6 is 0 Å². The van der Waals surface area contributed by atoms with Crippen molar-refractivity contribution in [3.8, 4) is 17.2 Å². The molecule has 1 N–H and O–H groups in total. The number of nitrogens with zero attached hydrogens (tertiary/aromatic N) is 2. The molecule has 0 aromatic heterocycles. The number of carbonyl (C=O) groups excluding carboxylic acids is 2. The molecule has 0 spiro atoms. The highest BCUT2D eigenvalue weighted by atomic mass is 16.5. The zero-order valence-corrected chi connectivity index (χ0v) is 25.8. The largest absolute Gasteiger partial charge is 0.507 e. The molecule has 0 saturated carbocycles. The van der Waals surface area contributed by atoms with Crippen molar-refractivity contribution in [2.24, 2.45) is 0 Å².